The maximum Gasteiger partial charge on any atom is 0.0752 e. The molecular weight excluding hydrogens is 372 g/mol. The van der Waals surface area contributed by atoms with E-state index in [0.717, 1.165) is 12.8 Å². The van der Waals surface area contributed by atoms with Gasteiger partial charge < -0.3 is 0 Å². The van der Waals surface area contributed by atoms with Crippen LogP contribution in [0.15, 0.2) is 34.1 Å². The highest BCUT2D eigenvalue weighted by Gasteiger charge is 2.17. The molecule has 2 aromatic rings. The van der Waals surface area contributed by atoms with Crippen molar-refractivity contribution in [3.63, 3.8) is 0 Å². The molecule has 2 rings (SSSR count). The molecule has 1 unspecified atom stereocenters. The van der Waals surface area contributed by atoms with Crippen LogP contribution in [0.25, 0.3) is 0 Å². The summed E-state index contributed by atoms with van der Waals surface area (Å²) < 4.78 is 1.19. The standard InChI is InChI=1S/C15H16Br2S/c1-3-10-5-6-11(4-2)12(9-10)14(17)15-13(16)7-8-18-15/h5-9,14H,3-4H2,1-2H3. The predicted molar refractivity (Wildman–Crippen MR) is 88.0 cm³/mol. The Balaban J connectivity index is 2.45. The second-order valence-electron chi connectivity index (χ2n) is 4.24. The molecule has 0 saturated carbocycles. The van der Waals surface area contributed by atoms with Crippen molar-refractivity contribution >= 4 is 43.2 Å². The first kappa shape index (κ1) is 14.3. The van der Waals surface area contributed by atoms with Crippen LogP contribution in [0.4, 0.5) is 0 Å². The molecule has 1 aromatic carbocycles. The number of benzene rings is 1. The number of alkyl halides is 1. The Labute approximate surface area is 130 Å². The van der Waals surface area contributed by atoms with Crippen LogP contribution in [0, 0.1) is 0 Å². The third-order valence-corrected chi connectivity index (χ3v) is 6.34. The van der Waals surface area contributed by atoms with E-state index >= 15 is 0 Å². The zero-order valence-corrected chi connectivity index (χ0v) is 14.5. The minimum Gasteiger partial charge on any atom is -0.146 e. The van der Waals surface area contributed by atoms with Gasteiger partial charge in [-0.15, -0.1) is 11.3 Å². The molecule has 0 aliphatic heterocycles. The average molecular weight is 388 g/mol. The maximum atomic E-state index is 3.86. The van der Waals surface area contributed by atoms with Crippen LogP contribution in [-0.4, -0.2) is 0 Å². The fraction of sp³-hybridized carbons (Fsp3) is 0.333. The van der Waals surface area contributed by atoms with Crippen LogP contribution in [-0.2, 0) is 12.8 Å². The van der Waals surface area contributed by atoms with Gasteiger partial charge in [0, 0.05) is 9.35 Å². The van der Waals surface area contributed by atoms with E-state index in [1.54, 1.807) is 11.3 Å². The third kappa shape index (κ3) is 2.89. The number of halogens is 2. The van der Waals surface area contributed by atoms with Gasteiger partial charge in [0.15, 0.2) is 0 Å². The molecule has 1 heterocycles. The molecule has 18 heavy (non-hydrogen) atoms. The molecule has 0 radical (unpaired) electrons. The molecule has 96 valence electrons. The van der Waals surface area contributed by atoms with Crippen molar-refractivity contribution < 1.29 is 0 Å². The van der Waals surface area contributed by atoms with E-state index in [1.165, 1.54) is 26.0 Å². The van der Waals surface area contributed by atoms with Crippen LogP contribution in [0.5, 0.6) is 0 Å². The average Bonchev–Trinajstić information content (AvgIpc) is 2.83. The lowest BCUT2D eigenvalue weighted by atomic mass is 9.98. The van der Waals surface area contributed by atoms with E-state index in [2.05, 4.69) is 75.4 Å². The summed E-state index contributed by atoms with van der Waals surface area (Å²) in [7, 11) is 0. The molecule has 0 N–H and O–H groups in total. The van der Waals surface area contributed by atoms with Crippen molar-refractivity contribution in [2.75, 3.05) is 0 Å². The number of hydrogen-bond acceptors (Lipinski definition) is 1. The summed E-state index contributed by atoms with van der Waals surface area (Å²) in [4.78, 5) is 1.63. The van der Waals surface area contributed by atoms with Crippen molar-refractivity contribution in [2.45, 2.75) is 31.5 Å². The molecule has 0 nitrogen and oxygen atoms in total. The van der Waals surface area contributed by atoms with Gasteiger partial charge in [-0.3, -0.25) is 0 Å². The molecule has 0 saturated heterocycles. The summed E-state index contributed by atoms with van der Waals surface area (Å²) >= 11 is 9.28. The van der Waals surface area contributed by atoms with Gasteiger partial charge in [-0.2, -0.15) is 0 Å². The Kier molecular flexibility index (Phi) is 5.05. The van der Waals surface area contributed by atoms with Crippen molar-refractivity contribution in [3.05, 3.63) is 55.7 Å². The van der Waals surface area contributed by atoms with Gasteiger partial charge in [-0.05, 0) is 56.9 Å². The van der Waals surface area contributed by atoms with Crippen molar-refractivity contribution in [2.24, 2.45) is 0 Å². The van der Waals surface area contributed by atoms with Gasteiger partial charge in [-0.1, -0.05) is 48.0 Å². The SMILES string of the molecule is CCc1ccc(CC)c(C(Br)c2sccc2Br)c1. The molecular formula is C15H16Br2S. The summed E-state index contributed by atoms with van der Waals surface area (Å²) in [6.45, 7) is 4.42. The zero-order chi connectivity index (χ0) is 13.1. The second-order valence-corrected chi connectivity index (χ2v) is 6.95. The highest BCUT2D eigenvalue weighted by Crippen LogP contribution is 2.40. The summed E-state index contributed by atoms with van der Waals surface area (Å²) in [5, 5.41) is 2.13. The van der Waals surface area contributed by atoms with E-state index < -0.39 is 0 Å². The normalized spacial score (nSPS) is 12.7. The van der Waals surface area contributed by atoms with Gasteiger partial charge in [-0.25, -0.2) is 0 Å². The molecule has 0 aliphatic carbocycles. The maximum absolute atomic E-state index is 3.86. The van der Waals surface area contributed by atoms with Gasteiger partial charge in [0.25, 0.3) is 0 Å². The quantitative estimate of drug-likeness (QED) is 0.554. The van der Waals surface area contributed by atoms with E-state index in [9.17, 15) is 0 Å². The smallest absolute Gasteiger partial charge is 0.0752 e. The Hall–Kier alpha value is -0.120. The lowest BCUT2D eigenvalue weighted by Crippen LogP contribution is -1.98. The van der Waals surface area contributed by atoms with E-state index in [-0.39, 0.29) is 4.83 Å². The number of hydrogen-bond donors (Lipinski definition) is 0. The molecule has 0 amide bonds. The first-order valence-corrected chi connectivity index (χ1v) is 8.74. The fourth-order valence-corrected chi connectivity index (χ4v) is 4.95. The van der Waals surface area contributed by atoms with E-state index in [4.69, 9.17) is 0 Å². The Morgan fingerprint density at radius 1 is 1.17 bits per heavy atom. The highest BCUT2D eigenvalue weighted by atomic mass is 79.9. The van der Waals surface area contributed by atoms with Gasteiger partial charge >= 0.3 is 0 Å². The first-order chi connectivity index (χ1) is 8.67. The largest absolute Gasteiger partial charge is 0.146 e. The van der Waals surface area contributed by atoms with Gasteiger partial charge in [0.2, 0.25) is 0 Å². The van der Waals surface area contributed by atoms with Crippen LogP contribution in [0.2, 0.25) is 0 Å². The van der Waals surface area contributed by atoms with Gasteiger partial charge in [0.1, 0.15) is 0 Å². The molecule has 1 atom stereocenters. The van der Waals surface area contributed by atoms with E-state index in [1.807, 2.05) is 0 Å². The Morgan fingerprint density at radius 3 is 2.50 bits per heavy atom. The summed E-state index contributed by atoms with van der Waals surface area (Å²) in [6.07, 6.45) is 2.16. The predicted octanol–water partition coefficient (Wildman–Crippen LogP) is 6.12. The summed E-state index contributed by atoms with van der Waals surface area (Å²) in [6, 6.07) is 8.96. The van der Waals surface area contributed by atoms with E-state index in [0.29, 0.717) is 0 Å². The van der Waals surface area contributed by atoms with Crippen LogP contribution in [0.1, 0.15) is 40.2 Å². The van der Waals surface area contributed by atoms with Crippen LogP contribution < -0.4 is 0 Å². The highest BCUT2D eigenvalue weighted by molar-refractivity contribution is 9.11. The molecule has 0 spiro atoms. The van der Waals surface area contributed by atoms with Gasteiger partial charge in [0.05, 0.1) is 4.83 Å². The molecule has 0 aliphatic rings. The van der Waals surface area contributed by atoms with Crippen molar-refractivity contribution in [3.8, 4) is 0 Å². The fourth-order valence-electron chi connectivity index (χ4n) is 2.05. The first-order valence-electron chi connectivity index (χ1n) is 6.16. The lowest BCUT2D eigenvalue weighted by Gasteiger charge is -2.15. The minimum atomic E-state index is 0.285. The number of thiophene rings is 1. The van der Waals surface area contributed by atoms with Crippen LogP contribution >= 0.6 is 43.2 Å². The molecule has 0 fully saturated rings. The Bertz CT molecular complexity index is 531. The summed E-state index contributed by atoms with van der Waals surface area (Å²) in [5.41, 5.74) is 4.23. The summed E-state index contributed by atoms with van der Waals surface area (Å²) in [5.74, 6) is 0. The second kappa shape index (κ2) is 6.36. The van der Waals surface area contributed by atoms with Crippen LogP contribution in [0.3, 0.4) is 0 Å². The topological polar surface area (TPSA) is 0 Å². The van der Waals surface area contributed by atoms with Crippen molar-refractivity contribution in [1.29, 1.82) is 0 Å². The molecule has 1 aromatic heterocycles. The molecule has 0 bridgehead atoms. The third-order valence-electron chi connectivity index (χ3n) is 3.15. The number of aryl methyl sites for hydroxylation is 2. The van der Waals surface area contributed by atoms with Crippen molar-refractivity contribution in [1.82, 2.24) is 0 Å². The monoisotopic (exact) mass is 386 g/mol. The number of rotatable bonds is 4. The zero-order valence-electron chi connectivity index (χ0n) is 10.5. The molecule has 3 heteroatoms. The minimum absolute atomic E-state index is 0.285. The Morgan fingerprint density at radius 2 is 1.94 bits per heavy atom. The lowest BCUT2D eigenvalue weighted by molar-refractivity contribution is 1.04.